The van der Waals surface area contributed by atoms with E-state index >= 15 is 0 Å². The molecule has 0 radical (unpaired) electrons. The second-order valence-corrected chi connectivity index (χ2v) is 3.69. The van der Waals surface area contributed by atoms with Crippen LogP contribution in [0.3, 0.4) is 0 Å². The van der Waals surface area contributed by atoms with E-state index in [-0.39, 0.29) is 6.42 Å². The number of aliphatic carboxylic acids is 2. The predicted molar refractivity (Wildman–Crippen MR) is 62.2 cm³/mol. The molecule has 1 rings (SSSR count). The summed E-state index contributed by atoms with van der Waals surface area (Å²) in [6.07, 6.45) is 0.184. The van der Waals surface area contributed by atoms with E-state index in [1.54, 1.807) is 30.3 Å². The van der Waals surface area contributed by atoms with E-state index in [0.717, 1.165) is 5.56 Å². The van der Waals surface area contributed by atoms with Crippen LogP contribution in [0.5, 0.6) is 0 Å². The topological polar surface area (TPSA) is 104 Å². The van der Waals surface area contributed by atoms with Crippen molar-refractivity contribution >= 4 is 17.7 Å². The maximum absolute atomic E-state index is 11.0. The van der Waals surface area contributed by atoms with Crippen LogP contribution < -0.4 is 5.32 Å². The molecule has 0 aromatic heterocycles. The lowest BCUT2D eigenvalue weighted by Gasteiger charge is -2.13. The third kappa shape index (κ3) is 4.34. The lowest BCUT2D eigenvalue weighted by Crippen LogP contribution is -2.42. The quantitative estimate of drug-likeness (QED) is 0.586. The van der Waals surface area contributed by atoms with Gasteiger partial charge in [-0.15, -0.1) is 0 Å². The number of rotatable bonds is 7. The number of carboxylic acids is 2. The molecule has 6 nitrogen and oxygen atoms in total. The summed E-state index contributed by atoms with van der Waals surface area (Å²) in [5, 5.41) is 19.8. The zero-order chi connectivity index (χ0) is 13.5. The summed E-state index contributed by atoms with van der Waals surface area (Å²) in [5.41, 5.74) is 0.792. The Morgan fingerprint density at radius 3 is 2.22 bits per heavy atom. The fourth-order valence-corrected chi connectivity index (χ4v) is 1.39. The lowest BCUT2D eigenvalue weighted by atomic mass is 10.1. The minimum atomic E-state index is -1.58. The van der Waals surface area contributed by atoms with E-state index in [9.17, 15) is 14.4 Å². The summed E-state index contributed by atoms with van der Waals surface area (Å²) in [6, 6.07) is 7.89. The SMILES string of the molecule is O=C(O)C(=O)CN[C@@H](Cc1ccccc1)C(=O)O. The fraction of sp³-hybridized carbons (Fsp3) is 0.250. The minimum Gasteiger partial charge on any atom is -0.480 e. The van der Waals surface area contributed by atoms with Crippen molar-refractivity contribution < 1.29 is 24.6 Å². The normalized spacial score (nSPS) is 11.8. The van der Waals surface area contributed by atoms with Crippen molar-refractivity contribution in [3.8, 4) is 0 Å². The summed E-state index contributed by atoms with van der Waals surface area (Å²) in [5.74, 6) is -3.77. The van der Waals surface area contributed by atoms with Crippen LogP contribution in [0.25, 0.3) is 0 Å². The molecule has 96 valence electrons. The first-order valence-corrected chi connectivity index (χ1v) is 5.27. The first-order chi connectivity index (χ1) is 8.50. The van der Waals surface area contributed by atoms with Gasteiger partial charge in [-0.3, -0.25) is 14.9 Å². The van der Waals surface area contributed by atoms with E-state index in [4.69, 9.17) is 10.2 Å². The van der Waals surface area contributed by atoms with Crippen LogP contribution in [-0.2, 0) is 20.8 Å². The summed E-state index contributed by atoms with van der Waals surface area (Å²) >= 11 is 0. The van der Waals surface area contributed by atoms with Gasteiger partial charge in [-0.05, 0) is 12.0 Å². The van der Waals surface area contributed by atoms with Crippen molar-refractivity contribution in [1.82, 2.24) is 5.32 Å². The molecule has 1 aromatic carbocycles. The van der Waals surface area contributed by atoms with Gasteiger partial charge in [-0.25, -0.2) is 4.79 Å². The van der Waals surface area contributed by atoms with Gasteiger partial charge in [-0.1, -0.05) is 30.3 Å². The smallest absolute Gasteiger partial charge is 0.373 e. The van der Waals surface area contributed by atoms with Gasteiger partial charge in [0.15, 0.2) is 0 Å². The third-order valence-electron chi connectivity index (χ3n) is 2.33. The van der Waals surface area contributed by atoms with Gasteiger partial charge in [0.2, 0.25) is 0 Å². The molecule has 1 atom stereocenters. The molecule has 3 N–H and O–H groups in total. The Kier molecular flexibility index (Phi) is 5.01. The number of carboxylic acid groups (broad SMARTS) is 2. The average molecular weight is 251 g/mol. The van der Waals surface area contributed by atoms with E-state index < -0.39 is 30.3 Å². The molecule has 0 aliphatic carbocycles. The summed E-state index contributed by atoms with van der Waals surface area (Å²) in [4.78, 5) is 32.1. The summed E-state index contributed by atoms with van der Waals surface area (Å²) in [7, 11) is 0. The van der Waals surface area contributed by atoms with Crippen LogP contribution in [-0.4, -0.2) is 40.5 Å². The number of hydrogen-bond donors (Lipinski definition) is 3. The van der Waals surface area contributed by atoms with Crippen LogP contribution in [0.4, 0.5) is 0 Å². The molecule has 0 aliphatic rings. The Bertz CT molecular complexity index is 443. The largest absolute Gasteiger partial charge is 0.480 e. The van der Waals surface area contributed by atoms with Crippen molar-refractivity contribution in [2.24, 2.45) is 0 Å². The Hall–Kier alpha value is -2.21. The highest BCUT2D eigenvalue weighted by Crippen LogP contribution is 2.03. The zero-order valence-corrected chi connectivity index (χ0v) is 9.50. The molecule has 0 spiro atoms. The molecule has 0 fully saturated rings. The van der Waals surface area contributed by atoms with E-state index in [1.165, 1.54) is 0 Å². The van der Waals surface area contributed by atoms with Gasteiger partial charge >= 0.3 is 11.9 Å². The Balaban J connectivity index is 2.59. The molecule has 0 saturated heterocycles. The molecule has 0 heterocycles. The molecule has 0 unspecified atom stereocenters. The Morgan fingerprint density at radius 1 is 1.11 bits per heavy atom. The molecule has 0 amide bonds. The van der Waals surface area contributed by atoms with Crippen molar-refractivity contribution in [3.63, 3.8) is 0 Å². The minimum absolute atomic E-state index is 0.184. The standard InChI is InChI=1S/C12H13NO5/c14-10(12(17)18)7-13-9(11(15)16)6-8-4-2-1-3-5-8/h1-5,9,13H,6-7H2,(H,15,16)(H,17,18)/t9-/m0/s1. The number of Topliss-reactive ketones (excluding diaryl/α,β-unsaturated/α-hetero) is 1. The van der Waals surface area contributed by atoms with Gasteiger partial charge < -0.3 is 10.2 Å². The summed E-state index contributed by atoms with van der Waals surface area (Å²) in [6.45, 7) is -0.501. The molecule has 0 aliphatic heterocycles. The van der Waals surface area contributed by atoms with Crippen LogP contribution in [0, 0.1) is 0 Å². The third-order valence-corrected chi connectivity index (χ3v) is 2.33. The Labute approximate surface area is 103 Å². The number of carbonyl (C=O) groups is 3. The monoisotopic (exact) mass is 251 g/mol. The van der Waals surface area contributed by atoms with Gasteiger partial charge in [-0.2, -0.15) is 0 Å². The number of nitrogens with one attached hydrogen (secondary N) is 1. The number of ketones is 1. The number of benzene rings is 1. The molecule has 0 saturated carbocycles. The zero-order valence-electron chi connectivity index (χ0n) is 9.50. The Morgan fingerprint density at radius 2 is 1.72 bits per heavy atom. The van der Waals surface area contributed by atoms with Crippen LogP contribution in [0.1, 0.15) is 5.56 Å². The fourth-order valence-electron chi connectivity index (χ4n) is 1.39. The van der Waals surface area contributed by atoms with Gasteiger partial charge in [0.05, 0.1) is 6.54 Å². The van der Waals surface area contributed by atoms with Gasteiger partial charge in [0.25, 0.3) is 5.78 Å². The molecular weight excluding hydrogens is 238 g/mol. The van der Waals surface area contributed by atoms with Crippen molar-refractivity contribution in [1.29, 1.82) is 0 Å². The number of hydrogen-bond acceptors (Lipinski definition) is 4. The van der Waals surface area contributed by atoms with Crippen molar-refractivity contribution in [2.45, 2.75) is 12.5 Å². The van der Waals surface area contributed by atoms with Gasteiger partial charge in [0, 0.05) is 0 Å². The highest BCUT2D eigenvalue weighted by atomic mass is 16.4. The maximum atomic E-state index is 11.0. The second-order valence-electron chi connectivity index (χ2n) is 3.69. The second kappa shape index (κ2) is 6.51. The van der Waals surface area contributed by atoms with E-state index in [1.807, 2.05) is 0 Å². The highest BCUT2D eigenvalue weighted by Gasteiger charge is 2.20. The molecule has 0 bridgehead atoms. The van der Waals surface area contributed by atoms with Crippen LogP contribution in [0.15, 0.2) is 30.3 Å². The van der Waals surface area contributed by atoms with Crippen LogP contribution in [0.2, 0.25) is 0 Å². The van der Waals surface area contributed by atoms with E-state index in [2.05, 4.69) is 5.32 Å². The molecule has 6 heteroatoms. The summed E-state index contributed by atoms with van der Waals surface area (Å²) < 4.78 is 0. The lowest BCUT2D eigenvalue weighted by molar-refractivity contribution is -0.149. The van der Waals surface area contributed by atoms with Crippen LogP contribution >= 0.6 is 0 Å². The maximum Gasteiger partial charge on any atom is 0.373 e. The molecular formula is C12H13NO5. The predicted octanol–water partition coefficient (Wildman–Crippen LogP) is -0.0744. The first-order valence-electron chi connectivity index (χ1n) is 5.27. The number of carbonyl (C=O) groups excluding carboxylic acids is 1. The molecule has 1 aromatic rings. The van der Waals surface area contributed by atoms with Gasteiger partial charge in [0.1, 0.15) is 6.04 Å². The van der Waals surface area contributed by atoms with Crippen molar-refractivity contribution in [2.75, 3.05) is 6.54 Å². The van der Waals surface area contributed by atoms with Crippen molar-refractivity contribution in [3.05, 3.63) is 35.9 Å². The molecule has 18 heavy (non-hydrogen) atoms. The average Bonchev–Trinajstić information content (AvgIpc) is 2.34. The first kappa shape index (κ1) is 13.9. The van der Waals surface area contributed by atoms with E-state index in [0.29, 0.717) is 0 Å². The highest BCUT2D eigenvalue weighted by molar-refractivity contribution is 6.33.